The van der Waals surface area contributed by atoms with Crippen LogP contribution in [0.15, 0.2) is 24.3 Å². The fourth-order valence-corrected chi connectivity index (χ4v) is 3.11. The Morgan fingerprint density at radius 1 is 1.30 bits per heavy atom. The Morgan fingerprint density at radius 3 is 2.85 bits per heavy atom. The first-order chi connectivity index (χ1) is 9.76. The van der Waals surface area contributed by atoms with E-state index < -0.39 is 0 Å². The molecule has 0 saturated carbocycles. The van der Waals surface area contributed by atoms with Gasteiger partial charge in [0.1, 0.15) is 0 Å². The van der Waals surface area contributed by atoms with Crippen molar-refractivity contribution < 1.29 is 4.74 Å². The highest BCUT2D eigenvalue weighted by Gasteiger charge is 2.27. The van der Waals surface area contributed by atoms with Gasteiger partial charge in [-0.15, -0.1) is 0 Å². The minimum atomic E-state index is 0.0450. The molecule has 2 heteroatoms. The number of hydrogen-bond donors (Lipinski definition) is 1. The summed E-state index contributed by atoms with van der Waals surface area (Å²) in [4.78, 5) is 0. The van der Waals surface area contributed by atoms with Crippen molar-refractivity contribution in [1.82, 2.24) is 0 Å². The first-order valence-corrected chi connectivity index (χ1v) is 8.21. The average molecular weight is 275 g/mol. The number of benzene rings is 1. The molecule has 0 aliphatic heterocycles. The highest BCUT2D eigenvalue weighted by atomic mass is 16.5. The number of aryl methyl sites for hydroxylation is 1. The fourth-order valence-electron chi connectivity index (χ4n) is 3.11. The predicted molar refractivity (Wildman–Crippen MR) is 84.7 cm³/mol. The van der Waals surface area contributed by atoms with E-state index in [1.54, 1.807) is 0 Å². The Kier molecular flexibility index (Phi) is 6.06. The highest BCUT2D eigenvalue weighted by molar-refractivity contribution is 5.33. The molecule has 20 heavy (non-hydrogen) atoms. The van der Waals surface area contributed by atoms with E-state index in [0.717, 1.165) is 19.4 Å². The molecule has 2 rings (SSSR count). The zero-order valence-electron chi connectivity index (χ0n) is 13.0. The summed E-state index contributed by atoms with van der Waals surface area (Å²) in [6.07, 6.45) is 7.42. The molecule has 0 amide bonds. The van der Waals surface area contributed by atoms with E-state index in [2.05, 4.69) is 38.1 Å². The number of rotatable bonds is 7. The predicted octanol–water partition coefficient (Wildman–Crippen LogP) is 4.23. The molecule has 1 aromatic carbocycles. The largest absolute Gasteiger partial charge is 0.376 e. The van der Waals surface area contributed by atoms with E-state index in [1.165, 1.54) is 36.8 Å². The van der Waals surface area contributed by atoms with E-state index in [4.69, 9.17) is 10.5 Å². The lowest BCUT2D eigenvalue weighted by Crippen LogP contribution is -2.34. The first-order valence-electron chi connectivity index (χ1n) is 8.21. The summed E-state index contributed by atoms with van der Waals surface area (Å²) in [5, 5.41) is 0. The third-order valence-corrected chi connectivity index (χ3v) is 4.60. The summed E-state index contributed by atoms with van der Waals surface area (Å²) >= 11 is 0. The molecule has 0 saturated heterocycles. The molecule has 1 aromatic rings. The SMILES string of the molecule is CCCCC(CC)COC1CCc2ccccc2C1N. The van der Waals surface area contributed by atoms with Crippen LogP contribution in [0.5, 0.6) is 0 Å². The van der Waals surface area contributed by atoms with Gasteiger partial charge < -0.3 is 10.5 Å². The summed E-state index contributed by atoms with van der Waals surface area (Å²) in [7, 11) is 0. The van der Waals surface area contributed by atoms with E-state index >= 15 is 0 Å². The topological polar surface area (TPSA) is 35.2 Å². The van der Waals surface area contributed by atoms with Crippen LogP contribution < -0.4 is 5.73 Å². The molecule has 1 aliphatic rings. The maximum Gasteiger partial charge on any atom is 0.0771 e. The standard InChI is InChI=1S/C18H29NO/c1-3-5-8-14(4-2)13-20-17-12-11-15-9-6-7-10-16(15)18(17)19/h6-7,9-10,14,17-18H,3-5,8,11-13,19H2,1-2H3. The molecule has 0 bridgehead atoms. The molecule has 2 nitrogen and oxygen atoms in total. The maximum absolute atomic E-state index is 6.39. The van der Waals surface area contributed by atoms with Crippen LogP contribution in [0.1, 0.15) is 63.1 Å². The van der Waals surface area contributed by atoms with Crippen molar-refractivity contribution in [1.29, 1.82) is 0 Å². The average Bonchev–Trinajstić information content (AvgIpc) is 2.49. The lowest BCUT2D eigenvalue weighted by atomic mass is 9.86. The monoisotopic (exact) mass is 275 g/mol. The summed E-state index contributed by atoms with van der Waals surface area (Å²) in [6, 6.07) is 8.58. The van der Waals surface area contributed by atoms with Gasteiger partial charge in [0.15, 0.2) is 0 Å². The zero-order valence-corrected chi connectivity index (χ0v) is 13.0. The lowest BCUT2D eigenvalue weighted by molar-refractivity contribution is 0.00211. The lowest BCUT2D eigenvalue weighted by Gasteiger charge is -2.32. The quantitative estimate of drug-likeness (QED) is 0.808. The third-order valence-electron chi connectivity index (χ3n) is 4.60. The van der Waals surface area contributed by atoms with Crippen LogP contribution in [-0.2, 0) is 11.2 Å². The molecule has 3 atom stereocenters. The first kappa shape index (κ1) is 15.5. The molecule has 0 aromatic heterocycles. The van der Waals surface area contributed by atoms with Crippen molar-refractivity contribution in [3.63, 3.8) is 0 Å². The second-order valence-corrected chi connectivity index (χ2v) is 6.05. The summed E-state index contributed by atoms with van der Waals surface area (Å²) in [5.41, 5.74) is 9.08. The van der Waals surface area contributed by atoms with Gasteiger partial charge in [-0.1, -0.05) is 57.4 Å². The second-order valence-electron chi connectivity index (χ2n) is 6.05. The van der Waals surface area contributed by atoms with Crippen molar-refractivity contribution >= 4 is 0 Å². The van der Waals surface area contributed by atoms with Gasteiger partial charge in [0.2, 0.25) is 0 Å². The minimum Gasteiger partial charge on any atom is -0.376 e. The van der Waals surface area contributed by atoms with Crippen molar-refractivity contribution in [2.45, 2.75) is 64.5 Å². The van der Waals surface area contributed by atoms with E-state index in [0.29, 0.717) is 5.92 Å². The minimum absolute atomic E-state index is 0.0450. The van der Waals surface area contributed by atoms with Crippen LogP contribution in [0.2, 0.25) is 0 Å². The Morgan fingerprint density at radius 2 is 2.10 bits per heavy atom. The Balaban J connectivity index is 1.88. The molecule has 1 aliphatic carbocycles. The van der Waals surface area contributed by atoms with Crippen LogP contribution in [-0.4, -0.2) is 12.7 Å². The van der Waals surface area contributed by atoms with Crippen LogP contribution in [0.25, 0.3) is 0 Å². The number of hydrogen-bond acceptors (Lipinski definition) is 2. The molecule has 0 spiro atoms. The van der Waals surface area contributed by atoms with Crippen molar-refractivity contribution in [2.75, 3.05) is 6.61 Å². The van der Waals surface area contributed by atoms with Crippen LogP contribution in [0.3, 0.4) is 0 Å². The molecular formula is C18H29NO. The van der Waals surface area contributed by atoms with Crippen LogP contribution in [0, 0.1) is 5.92 Å². The van der Waals surface area contributed by atoms with Gasteiger partial charge in [0, 0.05) is 6.61 Å². The van der Waals surface area contributed by atoms with Crippen molar-refractivity contribution in [3.8, 4) is 0 Å². The highest BCUT2D eigenvalue weighted by Crippen LogP contribution is 2.30. The zero-order chi connectivity index (χ0) is 14.4. The van der Waals surface area contributed by atoms with E-state index in [9.17, 15) is 0 Å². The van der Waals surface area contributed by atoms with Crippen LogP contribution in [0.4, 0.5) is 0 Å². The van der Waals surface area contributed by atoms with Crippen LogP contribution >= 0.6 is 0 Å². The van der Waals surface area contributed by atoms with E-state index in [-0.39, 0.29) is 12.1 Å². The van der Waals surface area contributed by atoms with Gasteiger partial charge in [0.05, 0.1) is 12.1 Å². The van der Waals surface area contributed by atoms with Gasteiger partial charge in [-0.2, -0.15) is 0 Å². The fraction of sp³-hybridized carbons (Fsp3) is 0.667. The number of fused-ring (bicyclic) bond motifs is 1. The van der Waals surface area contributed by atoms with Gasteiger partial charge in [0.25, 0.3) is 0 Å². The van der Waals surface area contributed by atoms with Crippen molar-refractivity contribution in [2.24, 2.45) is 11.7 Å². The molecule has 2 N–H and O–H groups in total. The number of unbranched alkanes of at least 4 members (excludes halogenated alkanes) is 1. The van der Waals surface area contributed by atoms with Gasteiger partial charge >= 0.3 is 0 Å². The smallest absolute Gasteiger partial charge is 0.0771 e. The van der Waals surface area contributed by atoms with Gasteiger partial charge in [-0.25, -0.2) is 0 Å². The Bertz CT molecular complexity index is 404. The molecule has 0 heterocycles. The van der Waals surface area contributed by atoms with Gasteiger partial charge in [-0.05, 0) is 36.3 Å². The summed E-state index contributed by atoms with van der Waals surface area (Å²) < 4.78 is 6.18. The second kappa shape index (κ2) is 7.80. The number of nitrogens with two attached hydrogens (primary N) is 1. The van der Waals surface area contributed by atoms with Gasteiger partial charge in [-0.3, -0.25) is 0 Å². The van der Waals surface area contributed by atoms with E-state index in [1.807, 2.05) is 0 Å². The number of ether oxygens (including phenoxy) is 1. The Hall–Kier alpha value is -0.860. The normalized spacial score (nSPS) is 23.4. The third kappa shape index (κ3) is 3.83. The van der Waals surface area contributed by atoms with Crippen molar-refractivity contribution in [3.05, 3.63) is 35.4 Å². The molecule has 0 fully saturated rings. The molecular weight excluding hydrogens is 246 g/mol. The molecule has 112 valence electrons. The summed E-state index contributed by atoms with van der Waals surface area (Å²) in [5.74, 6) is 0.694. The Labute approximate surface area is 123 Å². The maximum atomic E-state index is 6.39. The molecule has 3 unspecified atom stereocenters. The molecule has 0 radical (unpaired) electrons. The summed E-state index contributed by atoms with van der Waals surface area (Å²) in [6.45, 7) is 5.39.